The van der Waals surface area contributed by atoms with E-state index in [-0.39, 0.29) is 18.5 Å². The number of hydrogen-bond acceptors (Lipinski definition) is 5. The largest absolute Gasteiger partial charge is 0.466 e. The van der Waals surface area contributed by atoms with Gasteiger partial charge in [0.25, 0.3) is 0 Å². The van der Waals surface area contributed by atoms with E-state index in [0.29, 0.717) is 19.4 Å². The van der Waals surface area contributed by atoms with Crippen LogP contribution in [0.4, 0.5) is 0 Å². The van der Waals surface area contributed by atoms with Crippen LogP contribution in [0.25, 0.3) is 0 Å². The standard InChI is InChI=1S/C86H167NO5/c1-3-5-7-9-11-13-15-17-19-21-22-23-41-44-47-50-54-58-62-66-70-74-78-84(89)83(82-88)87-85(90)79-75-71-67-63-59-55-51-48-45-42-39-37-35-33-31-29-27-25-24-26-28-30-32-34-36-38-40-43-46-49-53-57-61-65-69-73-77-81-92-86(91)80-76-72-68-64-60-56-52-20-18-16-14-12-10-8-6-4-2/h24,26,74,78,83-84,88-89H,3-23,25,27-73,75-77,79-82H2,1-2H3,(H,87,90)/b26-24-,78-74+. The van der Waals surface area contributed by atoms with E-state index in [1.165, 1.54) is 424 Å². The molecular weight excluding hydrogens is 1130 g/mol. The van der Waals surface area contributed by atoms with Crippen LogP contribution in [0, 0.1) is 0 Å². The van der Waals surface area contributed by atoms with E-state index in [2.05, 4.69) is 31.3 Å². The molecule has 0 aliphatic rings. The number of aliphatic hydroxyl groups is 2. The fourth-order valence-corrected chi connectivity index (χ4v) is 13.8. The van der Waals surface area contributed by atoms with Gasteiger partial charge in [0.2, 0.25) is 5.91 Å². The number of rotatable bonds is 81. The lowest BCUT2D eigenvalue weighted by Crippen LogP contribution is -2.45. The Labute approximate surface area is 577 Å². The number of nitrogens with one attached hydrogen (secondary N) is 1. The SMILES string of the molecule is CCCCCCCCCCCCCCCCCCCCCC/C=C/C(O)C(CO)NC(=O)CCCCCCCCCCCCCCCCCCC/C=C\CCCCCCCCCCCCCCCCCCOC(=O)CCCCCCCCCCCCCCCCCC. The lowest BCUT2D eigenvalue weighted by atomic mass is 10.0. The lowest BCUT2D eigenvalue weighted by molar-refractivity contribution is -0.143. The third-order valence-electron chi connectivity index (χ3n) is 20.2. The van der Waals surface area contributed by atoms with Gasteiger partial charge in [-0.25, -0.2) is 0 Å². The number of aliphatic hydroxyl groups excluding tert-OH is 2. The van der Waals surface area contributed by atoms with E-state index < -0.39 is 12.1 Å². The molecule has 0 saturated heterocycles. The number of esters is 1. The molecule has 0 saturated carbocycles. The molecule has 0 aromatic rings. The van der Waals surface area contributed by atoms with Gasteiger partial charge in [-0.2, -0.15) is 0 Å². The van der Waals surface area contributed by atoms with Crippen molar-refractivity contribution in [3.8, 4) is 0 Å². The van der Waals surface area contributed by atoms with Crippen molar-refractivity contribution < 1.29 is 24.5 Å². The number of allylic oxidation sites excluding steroid dienone is 3. The quantitative estimate of drug-likeness (QED) is 0.0320. The highest BCUT2D eigenvalue weighted by atomic mass is 16.5. The van der Waals surface area contributed by atoms with Crippen molar-refractivity contribution in [2.45, 2.75) is 501 Å². The minimum absolute atomic E-state index is 0.0259. The van der Waals surface area contributed by atoms with E-state index in [1.54, 1.807) is 6.08 Å². The first-order chi connectivity index (χ1) is 45.5. The predicted molar refractivity (Wildman–Crippen MR) is 407 cm³/mol. The van der Waals surface area contributed by atoms with Crippen LogP contribution in [0.15, 0.2) is 24.3 Å². The molecular formula is C86H167NO5. The maximum Gasteiger partial charge on any atom is 0.305 e. The monoisotopic (exact) mass is 1290 g/mol. The lowest BCUT2D eigenvalue weighted by Gasteiger charge is -2.20. The average Bonchev–Trinajstić information content (AvgIpc) is 3.66. The van der Waals surface area contributed by atoms with Gasteiger partial charge in [0, 0.05) is 12.8 Å². The average molecular weight is 1300 g/mol. The third-order valence-corrected chi connectivity index (χ3v) is 20.2. The van der Waals surface area contributed by atoms with Crippen LogP contribution in [0.1, 0.15) is 489 Å². The van der Waals surface area contributed by atoms with Crippen molar-refractivity contribution in [2.24, 2.45) is 0 Å². The van der Waals surface area contributed by atoms with E-state index in [4.69, 9.17) is 4.74 Å². The summed E-state index contributed by atoms with van der Waals surface area (Å²) < 4.78 is 5.51. The highest BCUT2D eigenvalue weighted by Gasteiger charge is 2.18. The predicted octanol–water partition coefficient (Wildman–Crippen LogP) is 28.4. The second-order valence-corrected chi connectivity index (χ2v) is 29.5. The number of ether oxygens (including phenoxy) is 1. The van der Waals surface area contributed by atoms with Gasteiger partial charge in [-0.3, -0.25) is 9.59 Å². The van der Waals surface area contributed by atoms with Crippen molar-refractivity contribution >= 4 is 11.9 Å². The first kappa shape index (κ1) is 90.3. The molecule has 6 nitrogen and oxygen atoms in total. The maximum atomic E-state index is 12.6. The van der Waals surface area contributed by atoms with E-state index in [1.807, 2.05) is 6.08 Å². The summed E-state index contributed by atoms with van der Waals surface area (Å²) in [6, 6.07) is -0.626. The third kappa shape index (κ3) is 77.3. The van der Waals surface area contributed by atoms with Crippen molar-refractivity contribution in [1.82, 2.24) is 5.32 Å². The van der Waals surface area contributed by atoms with Crippen LogP contribution in [-0.4, -0.2) is 47.4 Å². The van der Waals surface area contributed by atoms with Crippen LogP contribution >= 0.6 is 0 Å². The van der Waals surface area contributed by atoms with Crippen molar-refractivity contribution in [3.63, 3.8) is 0 Å². The summed E-state index contributed by atoms with van der Waals surface area (Å²) in [6.45, 7) is 4.97. The molecule has 0 aliphatic heterocycles. The van der Waals surface area contributed by atoms with E-state index in [0.717, 1.165) is 38.5 Å². The molecule has 0 heterocycles. The molecule has 1 amide bonds. The number of unbranched alkanes of at least 4 members (excludes halogenated alkanes) is 68. The first-order valence-electron chi connectivity index (χ1n) is 42.6. The summed E-state index contributed by atoms with van der Waals surface area (Å²) in [4.78, 5) is 24.7. The van der Waals surface area contributed by atoms with Crippen molar-refractivity contribution in [2.75, 3.05) is 13.2 Å². The first-order valence-corrected chi connectivity index (χ1v) is 42.6. The van der Waals surface area contributed by atoms with Crippen molar-refractivity contribution in [1.29, 1.82) is 0 Å². The molecule has 0 radical (unpaired) electrons. The summed E-state index contributed by atoms with van der Waals surface area (Å²) in [5, 5.41) is 23.3. The zero-order valence-electron chi connectivity index (χ0n) is 62.8. The Kier molecular flexibility index (Phi) is 80.3. The van der Waals surface area contributed by atoms with Crippen molar-refractivity contribution in [3.05, 3.63) is 24.3 Å². The highest BCUT2D eigenvalue weighted by Crippen LogP contribution is 2.21. The summed E-state index contributed by atoms with van der Waals surface area (Å²) in [5.41, 5.74) is 0. The van der Waals surface area contributed by atoms with Gasteiger partial charge in [0.15, 0.2) is 0 Å². The smallest absolute Gasteiger partial charge is 0.305 e. The number of carbonyl (C=O) groups is 2. The Morgan fingerprint density at radius 1 is 0.293 bits per heavy atom. The van der Waals surface area contributed by atoms with Crippen LogP contribution in [0.3, 0.4) is 0 Å². The fourth-order valence-electron chi connectivity index (χ4n) is 13.8. The minimum atomic E-state index is -0.843. The van der Waals surface area contributed by atoms with E-state index in [9.17, 15) is 19.8 Å². The van der Waals surface area contributed by atoms with Gasteiger partial charge in [0.05, 0.1) is 25.4 Å². The Hall–Kier alpha value is -1.66. The van der Waals surface area contributed by atoms with Crippen LogP contribution < -0.4 is 5.32 Å². The molecule has 0 aliphatic carbocycles. The highest BCUT2D eigenvalue weighted by molar-refractivity contribution is 5.76. The molecule has 0 bridgehead atoms. The van der Waals surface area contributed by atoms with Gasteiger partial charge in [-0.1, -0.05) is 443 Å². The van der Waals surface area contributed by atoms with Gasteiger partial charge < -0.3 is 20.3 Å². The normalized spacial score (nSPS) is 12.5. The van der Waals surface area contributed by atoms with E-state index >= 15 is 0 Å². The minimum Gasteiger partial charge on any atom is -0.466 e. The van der Waals surface area contributed by atoms with Crippen LogP contribution in [-0.2, 0) is 14.3 Å². The molecule has 546 valence electrons. The van der Waals surface area contributed by atoms with Gasteiger partial charge >= 0.3 is 5.97 Å². The topological polar surface area (TPSA) is 95.9 Å². The molecule has 0 fully saturated rings. The molecule has 2 unspecified atom stereocenters. The Bertz CT molecular complexity index is 1450. The molecule has 0 aromatic carbocycles. The summed E-state index contributed by atoms with van der Waals surface area (Å²) in [6.07, 6.45) is 106. The fraction of sp³-hybridized carbons (Fsp3) is 0.930. The van der Waals surface area contributed by atoms with Crippen LogP contribution in [0.5, 0.6) is 0 Å². The van der Waals surface area contributed by atoms with Gasteiger partial charge in [0.1, 0.15) is 0 Å². The molecule has 3 N–H and O–H groups in total. The molecule has 6 heteroatoms. The molecule has 2 atom stereocenters. The second kappa shape index (κ2) is 81.8. The number of amides is 1. The van der Waals surface area contributed by atoms with Crippen LogP contribution in [0.2, 0.25) is 0 Å². The van der Waals surface area contributed by atoms with Gasteiger partial charge in [-0.15, -0.1) is 0 Å². The maximum absolute atomic E-state index is 12.6. The zero-order valence-corrected chi connectivity index (χ0v) is 62.8. The summed E-state index contributed by atoms with van der Waals surface area (Å²) in [7, 11) is 0. The molecule has 0 rings (SSSR count). The molecule has 0 aromatic heterocycles. The Balaban J connectivity index is 3.34. The summed E-state index contributed by atoms with van der Waals surface area (Å²) in [5.74, 6) is -0.0327. The molecule has 0 spiro atoms. The van der Waals surface area contributed by atoms with Gasteiger partial charge in [-0.05, 0) is 57.8 Å². The Morgan fingerprint density at radius 3 is 0.772 bits per heavy atom. The summed E-state index contributed by atoms with van der Waals surface area (Å²) >= 11 is 0. The Morgan fingerprint density at radius 2 is 0.511 bits per heavy atom. The number of hydrogen-bond donors (Lipinski definition) is 3. The second-order valence-electron chi connectivity index (χ2n) is 29.5. The zero-order chi connectivity index (χ0) is 66.3. The number of carbonyl (C=O) groups excluding carboxylic acids is 2. The molecule has 92 heavy (non-hydrogen) atoms.